The van der Waals surface area contributed by atoms with E-state index in [9.17, 15) is 19.2 Å². The predicted octanol–water partition coefficient (Wildman–Crippen LogP) is 6.60. The first-order chi connectivity index (χ1) is 16.4. The molecule has 0 saturated heterocycles. The highest BCUT2D eigenvalue weighted by Gasteiger charge is 2.47. The van der Waals surface area contributed by atoms with E-state index in [0.717, 1.165) is 12.0 Å². The summed E-state index contributed by atoms with van der Waals surface area (Å²) in [5.41, 5.74) is 0.854. The maximum absolute atomic E-state index is 13.4. The number of carbonyl (C=O) groups is 4. The Kier molecular flexibility index (Phi) is 10.4. The number of rotatable bonds is 7. The maximum Gasteiger partial charge on any atom is 0.329 e. The highest BCUT2D eigenvalue weighted by atomic mass is 127. The number of halogens is 6. The van der Waals surface area contributed by atoms with Gasteiger partial charge in [-0.05, 0) is 115 Å². The van der Waals surface area contributed by atoms with Crippen LogP contribution in [0.2, 0.25) is 10.0 Å². The number of anilines is 1. The van der Waals surface area contributed by atoms with Gasteiger partial charge in [0.15, 0.2) is 6.61 Å². The topological polar surface area (TPSA) is 92.8 Å². The van der Waals surface area contributed by atoms with E-state index >= 15 is 0 Å². The smallest absolute Gasteiger partial charge is 0.329 e. The molecule has 0 aliphatic carbocycles. The van der Waals surface area contributed by atoms with Crippen molar-refractivity contribution in [2.75, 3.05) is 11.9 Å². The van der Waals surface area contributed by atoms with Gasteiger partial charge < -0.3 is 10.1 Å². The molecule has 2 aromatic carbocycles. The highest BCUT2D eigenvalue weighted by Crippen LogP contribution is 2.39. The number of nitrogens with one attached hydrogen (secondary N) is 1. The first-order valence-corrected chi connectivity index (χ1v) is 15.1. The van der Waals surface area contributed by atoms with Crippen molar-refractivity contribution in [2.24, 2.45) is 5.92 Å². The van der Waals surface area contributed by atoms with Gasteiger partial charge in [-0.15, -0.1) is 0 Å². The lowest BCUT2D eigenvalue weighted by molar-refractivity contribution is -0.151. The Bertz CT molecular complexity index is 1210. The van der Waals surface area contributed by atoms with Gasteiger partial charge in [0, 0.05) is 14.3 Å². The van der Waals surface area contributed by atoms with Gasteiger partial charge in [-0.1, -0.05) is 43.1 Å². The van der Waals surface area contributed by atoms with Crippen molar-refractivity contribution < 1.29 is 23.9 Å². The molecule has 0 unspecified atom stereocenters. The average molecular weight is 967 g/mol. The van der Waals surface area contributed by atoms with Crippen LogP contribution in [0.1, 0.15) is 41.0 Å². The largest absolute Gasteiger partial charge is 0.454 e. The molecule has 3 amide bonds. The molecule has 3 rings (SSSR count). The fourth-order valence-electron chi connectivity index (χ4n) is 3.42. The number of carbonyl (C=O) groups excluding carboxylic acids is 4. The van der Waals surface area contributed by atoms with Gasteiger partial charge in [0.2, 0.25) is 0 Å². The molecular weight excluding hydrogens is 951 g/mol. The molecule has 1 heterocycles. The number of esters is 1. The quantitative estimate of drug-likeness (QED) is 0.111. The van der Waals surface area contributed by atoms with E-state index in [4.69, 9.17) is 27.9 Å². The van der Waals surface area contributed by atoms with E-state index in [1.165, 1.54) is 0 Å². The van der Waals surface area contributed by atoms with Gasteiger partial charge in [-0.3, -0.25) is 19.3 Å². The van der Waals surface area contributed by atoms with Gasteiger partial charge in [-0.2, -0.15) is 0 Å². The fourth-order valence-corrected chi connectivity index (χ4v) is 7.42. The second-order valence-electron chi connectivity index (χ2n) is 7.89. The Balaban J connectivity index is 1.83. The molecule has 0 aromatic heterocycles. The second-order valence-corrected chi connectivity index (χ2v) is 13.0. The third-order valence-electron chi connectivity index (χ3n) is 4.98. The Morgan fingerprint density at radius 1 is 0.971 bits per heavy atom. The molecule has 2 aromatic rings. The molecule has 1 N–H and O–H groups in total. The van der Waals surface area contributed by atoms with Gasteiger partial charge in [0.1, 0.15) is 6.04 Å². The van der Waals surface area contributed by atoms with Crippen molar-refractivity contribution in [3.05, 3.63) is 53.7 Å². The van der Waals surface area contributed by atoms with Crippen LogP contribution in [0.25, 0.3) is 0 Å². The minimum atomic E-state index is -1.17. The lowest BCUT2D eigenvalue weighted by Gasteiger charge is -2.26. The molecule has 13 heteroatoms. The van der Waals surface area contributed by atoms with Crippen molar-refractivity contribution >= 4 is 143 Å². The monoisotopic (exact) mass is 966 g/mol. The summed E-state index contributed by atoms with van der Waals surface area (Å²) in [5, 5.41) is 2.95. The summed E-state index contributed by atoms with van der Waals surface area (Å²) >= 11 is 20.4. The normalized spacial score (nSPS) is 13.8. The summed E-state index contributed by atoms with van der Waals surface area (Å²) in [6.45, 7) is 3.11. The van der Waals surface area contributed by atoms with Crippen molar-refractivity contribution in [3.8, 4) is 0 Å². The number of nitrogens with zero attached hydrogens (tertiary/aromatic N) is 1. The Hall–Kier alpha value is 0.0200. The maximum atomic E-state index is 13.4. The number of ether oxygens (including phenoxy) is 1. The third-order valence-corrected chi connectivity index (χ3v) is 13.2. The first-order valence-electron chi connectivity index (χ1n) is 10.0. The van der Waals surface area contributed by atoms with Crippen molar-refractivity contribution in [1.82, 2.24) is 4.90 Å². The summed E-state index contributed by atoms with van der Waals surface area (Å²) in [6, 6.07) is 3.57. The van der Waals surface area contributed by atoms with Gasteiger partial charge in [-0.25, -0.2) is 4.79 Å². The zero-order valence-electron chi connectivity index (χ0n) is 18.1. The summed E-state index contributed by atoms with van der Waals surface area (Å²) in [4.78, 5) is 53.2. The number of amides is 3. The molecule has 0 spiro atoms. The minimum absolute atomic E-state index is 0.0330. The number of fused-ring (bicyclic) bond motifs is 1. The zero-order valence-corrected chi connectivity index (χ0v) is 28.2. The van der Waals surface area contributed by atoms with Crippen LogP contribution in [-0.4, -0.2) is 41.2 Å². The third kappa shape index (κ3) is 6.20. The van der Waals surface area contributed by atoms with Gasteiger partial charge in [0.05, 0.1) is 26.9 Å². The highest BCUT2D eigenvalue weighted by molar-refractivity contribution is 14.1. The van der Waals surface area contributed by atoms with E-state index in [2.05, 4.69) is 95.7 Å². The van der Waals surface area contributed by atoms with E-state index in [1.54, 1.807) is 18.2 Å². The summed E-state index contributed by atoms with van der Waals surface area (Å²) in [6.07, 6.45) is 0.188. The zero-order chi connectivity index (χ0) is 26.2. The SMILES string of the molecule is CC(C)C[C@@H](C(=O)OCC(=O)Nc1cccc(Cl)c1Cl)N1C(=O)c2c(I)c(I)c(I)c(I)c2C1=O. The van der Waals surface area contributed by atoms with E-state index in [-0.39, 0.29) is 28.1 Å². The Morgan fingerprint density at radius 2 is 1.51 bits per heavy atom. The van der Waals surface area contributed by atoms with E-state index in [1.807, 2.05) is 13.8 Å². The summed E-state index contributed by atoms with van der Waals surface area (Å²) in [5.74, 6) is -2.59. The molecule has 0 bridgehead atoms. The number of hydrogen-bond donors (Lipinski definition) is 1. The number of imide groups is 1. The van der Waals surface area contributed by atoms with Crippen molar-refractivity contribution in [1.29, 1.82) is 0 Å². The van der Waals surface area contributed by atoms with Crippen LogP contribution >= 0.6 is 114 Å². The van der Waals surface area contributed by atoms with Crippen LogP contribution in [0.15, 0.2) is 18.2 Å². The van der Waals surface area contributed by atoms with Crippen LogP contribution in [0.5, 0.6) is 0 Å². The van der Waals surface area contributed by atoms with Crippen LogP contribution in [-0.2, 0) is 14.3 Å². The van der Waals surface area contributed by atoms with E-state index in [0.29, 0.717) is 18.3 Å². The molecule has 1 aliphatic heterocycles. The molecular formula is C22H16Cl2I4N2O5. The predicted molar refractivity (Wildman–Crippen MR) is 167 cm³/mol. The molecule has 1 atom stereocenters. The number of hydrogen-bond acceptors (Lipinski definition) is 5. The van der Waals surface area contributed by atoms with Crippen LogP contribution in [0.4, 0.5) is 5.69 Å². The summed E-state index contributed by atoms with van der Waals surface area (Å²) < 4.78 is 8.31. The van der Waals surface area contributed by atoms with Crippen LogP contribution < -0.4 is 5.32 Å². The Morgan fingerprint density at radius 3 is 2.03 bits per heavy atom. The van der Waals surface area contributed by atoms with Crippen LogP contribution in [0.3, 0.4) is 0 Å². The fraction of sp³-hybridized carbons (Fsp3) is 0.273. The molecule has 0 radical (unpaired) electrons. The van der Waals surface area contributed by atoms with Crippen molar-refractivity contribution in [2.45, 2.75) is 26.3 Å². The molecule has 0 fully saturated rings. The molecule has 186 valence electrons. The van der Waals surface area contributed by atoms with Crippen molar-refractivity contribution in [3.63, 3.8) is 0 Å². The molecule has 7 nitrogen and oxygen atoms in total. The molecule has 35 heavy (non-hydrogen) atoms. The minimum Gasteiger partial charge on any atom is -0.454 e. The summed E-state index contributed by atoms with van der Waals surface area (Å²) in [7, 11) is 0. The lowest BCUT2D eigenvalue weighted by atomic mass is 10.0. The van der Waals surface area contributed by atoms with E-state index < -0.39 is 36.3 Å². The Labute approximate surface area is 266 Å². The lowest BCUT2D eigenvalue weighted by Crippen LogP contribution is -2.47. The first kappa shape index (κ1) is 29.6. The molecule has 0 saturated carbocycles. The van der Waals surface area contributed by atoms with Gasteiger partial charge >= 0.3 is 5.97 Å². The molecule has 1 aliphatic rings. The average Bonchev–Trinajstić information content (AvgIpc) is 3.06. The second kappa shape index (κ2) is 12.3. The van der Waals surface area contributed by atoms with Crippen LogP contribution in [0, 0.1) is 20.2 Å². The standard InChI is InChI=1S/C22H16Cl2I4N2O5/c1-8(2)6-11(22(34)35-7-12(31)29-10-5-3-4-9(23)15(10)24)30-20(32)13-14(21(30)33)17(26)19(28)18(27)16(13)25/h3-5,8,11H,6-7H2,1-2H3,(H,29,31)/t11-/m0/s1. The number of benzene rings is 2. The van der Waals surface area contributed by atoms with Gasteiger partial charge in [0.25, 0.3) is 17.7 Å².